The van der Waals surface area contributed by atoms with Gasteiger partial charge in [-0.3, -0.25) is 4.79 Å². The summed E-state index contributed by atoms with van der Waals surface area (Å²) >= 11 is 0. The Morgan fingerprint density at radius 3 is 2.75 bits per heavy atom. The Kier molecular flexibility index (Phi) is 4.62. The van der Waals surface area contributed by atoms with Crippen LogP contribution in [0.3, 0.4) is 0 Å². The lowest BCUT2D eigenvalue weighted by atomic mass is 10.0. The van der Waals surface area contributed by atoms with Crippen molar-refractivity contribution in [2.45, 2.75) is 25.1 Å². The summed E-state index contributed by atoms with van der Waals surface area (Å²) in [4.78, 5) is 16.5. The van der Waals surface area contributed by atoms with E-state index in [1.165, 1.54) is 12.1 Å². The van der Waals surface area contributed by atoms with Crippen LogP contribution in [0.15, 0.2) is 61.1 Å². The molecule has 0 amide bonds. The number of benzene rings is 1. The van der Waals surface area contributed by atoms with Gasteiger partial charge in [0, 0.05) is 18.6 Å². The molecule has 4 rings (SSSR count). The number of aromatic nitrogens is 3. The molecule has 0 saturated heterocycles. The number of ether oxygens (including phenoxy) is 1. The van der Waals surface area contributed by atoms with Crippen LogP contribution >= 0.6 is 0 Å². The summed E-state index contributed by atoms with van der Waals surface area (Å²) in [6, 6.07) is 10.6. The fourth-order valence-electron chi connectivity index (χ4n) is 3.22. The third-order valence-corrected chi connectivity index (χ3v) is 4.69. The fourth-order valence-corrected chi connectivity index (χ4v) is 3.22. The molecule has 2 aromatic heterocycles. The number of rotatable bonds is 5. The normalized spacial score (nSPS) is 18.7. The average Bonchev–Trinajstić information content (AvgIpc) is 3.30. The molecule has 5 nitrogen and oxygen atoms in total. The van der Waals surface area contributed by atoms with Crippen LogP contribution in [0.2, 0.25) is 0 Å². The van der Waals surface area contributed by atoms with Crippen LogP contribution in [0.25, 0.3) is 5.82 Å². The Labute approximate surface area is 158 Å². The van der Waals surface area contributed by atoms with Crippen LogP contribution in [-0.4, -0.2) is 20.7 Å². The third-order valence-electron chi connectivity index (χ3n) is 4.69. The second-order valence-corrected chi connectivity index (χ2v) is 6.61. The highest BCUT2D eigenvalue weighted by Crippen LogP contribution is 2.51. The molecular formula is C20H16F3N3O2. The summed E-state index contributed by atoms with van der Waals surface area (Å²) < 4.78 is 46.4. The lowest BCUT2D eigenvalue weighted by molar-refractivity contribution is -0.147. The van der Waals surface area contributed by atoms with Crippen LogP contribution < -0.4 is 0 Å². The molecular weight excluding hydrogens is 371 g/mol. The molecule has 0 radical (unpaired) electrons. The third kappa shape index (κ3) is 3.76. The van der Waals surface area contributed by atoms with Crippen molar-refractivity contribution in [1.29, 1.82) is 0 Å². The van der Waals surface area contributed by atoms with Crippen LogP contribution in [-0.2, 0) is 22.3 Å². The lowest BCUT2D eigenvalue weighted by Crippen LogP contribution is -2.11. The highest BCUT2D eigenvalue weighted by atomic mass is 19.4. The summed E-state index contributed by atoms with van der Waals surface area (Å²) in [6.45, 7) is 0.0275. The topological polar surface area (TPSA) is 57.0 Å². The van der Waals surface area contributed by atoms with Crippen molar-refractivity contribution in [3.63, 3.8) is 0 Å². The average molecular weight is 387 g/mol. The standard InChI is InChI=1S/C20H16F3N3O2/c21-20(22,23)17-5-2-1-4-14(17)15-11-16(15)19(27)28-12-13-6-8-24-18(10-13)26-9-3-7-25-26/h1-10,15-16H,11-12H2/t15-,16-/m0/s1. The monoisotopic (exact) mass is 387 g/mol. The number of carbonyl (C=O) groups is 1. The van der Waals surface area contributed by atoms with Gasteiger partial charge in [-0.05, 0) is 47.7 Å². The minimum Gasteiger partial charge on any atom is -0.461 e. The summed E-state index contributed by atoms with van der Waals surface area (Å²) in [7, 11) is 0. The van der Waals surface area contributed by atoms with Gasteiger partial charge in [0.1, 0.15) is 6.61 Å². The summed E-state index contributed by atoms with van der Waals surface area (Å²) in [5.74, 6) is -0.903. The van der Waals surface area contributed by atoms with E-state index in [2.05, 4.69) is 10.1 Å². The van der Waals surface area contributed by atoms with Gasteiger partial charge in [0.15, 0.2) is 5.82 Å². The van der Waals surface area contributed by atoms with Crippen molar-refractivity contribution in [2.75, 3.05) is 0 Å². The quantitative estimate of drug-likeness (QED) is 0.618. The number of esters is 1. The van der Waals surface area contributed by atoms with E-state index in [0.717, 1.165) is 11.6 Å². The minimum atomic E-state index is -4.44. The molecule has 1 aliphatic rings. The number of pyridine rings is 1. The predicted molar refractivity (Wildman–Crippen MR) is 93.4 cm³/mol. The molecule has 1 aromatic carbocycles. The van der Waals surface area contributed by atoms with Gasteiger partial charge in [-0.2, -0.15) is 18.3 Å². The largest absolute Gasteiger partial charge is 0.461 e. The molecule has 2 atom stereocenters. The Morgan fingerprint density at radius 2 is 2.00 bits per heavy atom. The van der Waals surface area contributed by atoms with E-state index in [0.29, 0.717) is 12.2 Å². The van der Waals surface area contributed by atoms with E-state index in [-0.39, 0.29) is 12.2 Å². The number of halogens is 3. The molecule has 0 unspecified atom stereocenters. The SMILES string of the molecule is O=C(OCc1ccnc(-n2cccn2)c1)[C@H]1C[C@H]1c1ccccc1C(F)(F)F. The highest BCUT2D eigenvalue weighted by molar-refractivity contribution is 5.77. The van der Waals surface area contributed by atoms with Gasteiger partial charge in [-0.25, -0.2) is 9.67 Å². The Morgan fingerprint density at radius 1 is 1.18 bits per heavy atom. The van der Waals surface area contributed by atoms with Gasteiger partial charge in [-0.1, -0.05) is 18.2 Å². The number of hydrogen-bond donors (Lipinski definition) is 0. The van der Waals surface area contributed by atoms with Crippen molar-refractivity contribution in [3.05, 3.63) is 77.7 Å². The first kappa shape index (κ1) is 18.2. The van der Waals surface area contributed by atoms with Crippen LogP contribution in [0.4, 0.5) is 13.2 Å². The minimum absolute atomic E-state index is 0.0275. The molecule has 2 heterocycles. The fraction of sp³-hybridized carbons (Fsp3) is 0.250. The van der Waals surface area contributed by atoms with Gasteiger partial charge >= 0.3 is 12.1 Å². The zero-order chi connectivity index (χ0) is 19.7. The van der Waals surface area contributed by atoms with Crippen molar-refractivity contribution in [1.82, 2.24) is 14.8 Å². The molecule has 0 aliphatic heterocycles. The zero-order valence-electron chi connectivity index (χ0n) is 14.6. The summed E-state index contributed by atoms with van der Waals surface area (Å²) in [5.41, 5.74) is 0.192. The molecule has 144 valence electrons. The Bertz CT molecular complexity index is 986. The summed E-state index contributed by atoms with van der Waals surface area (Å²) in [6.07, 6.45) is 0.874. The van der Waals surface area contributed by atoms with E-state index < -0.39 is 29.5 Å². The highest BCUT2D eigenvalue weighted by Gasteiger charge is 2.48. The molecule has 1 fully saturated rings. The number of carbonyl (C=O) groups excluding carboxylic acids is 1. The molecule has 1 aliphatic carbocycles. The van der Waals surface area contributed by atoms with Crippen molar-refractivity contribution < 1.29 is 22.7 Å². The predicted octanol–water partition coefficient (Wildman–Crippen LogP) is 4.13. The maximum atomic E-state index is 13.2. The Balaban J connectivity index is 1.40. The maximum Gasteiger partial charge on any atom is 0.416 e. The first-order valence-electron chi connectivity index (χ1n) is 8.71. The summed E-state index contributed by atoms with van der Waals surface area (Å²) in [5, 5.41) is 4.09. The maximum absolute atomic E-state index is 13.2. The first-order chi connectivity index (χ1) is 13.4. The lowest BCUT2D eigenvalue weighted by Gasteiger charge is -2.12. The number of nitrogens with zero attached hydrogens (tertiary/aromatic N) is 3. The van der Waals surface area contributed by atoms with E-state index in [4.69, 9.17) is 4.74 Å². The van der Waals surface area contributed by atoms with Crippen molar-refractivity contribution in [3.8, 4) is 5.82 Å². The molecule has 0 N–H and O–H groups in total. The molecule has 8 heteroatoms. The molecule has 0 bridgehead atoms. The molecule has 3 aromatic rings. The van der Waals surface area contributed by atoms with Crippen molar-refractivity contribution >= 4 is 5.97 Å². The number of hydrogen-bond acceptors (Lipinski definition) is 4. The van der Waals surface area contributed by atoms with E-state index >= 15 is 0 Å². The zero-order valence-corrected chi connectivity index (χ0v) is 14.6. The van der Waals surface area contributed by atoms with Gasteiger partial charge < -0.3 is 4.74 Å². The van der Waals surface area contributed by atoms with E-state index in [1.54, 1.807) is 47.5 Å². The second kappa shape index (κ2) is 7.10. The van der Waals surface area contributed by atoms with Gasteiger partial charge in [0.25, 0.3) is 0 Å². The van der Waals surface area contributed by atoms with E-state index in [9.17, 15) is 18.0 Å². The van der Waals surface area contributed by atoms with Crippen LogP contribution in [0, 0.1) is 5.92 Å². The van der Waals surface area contributed by atoms with Crippen LogP contribution in [0.5, 0.6) is 0 Å². The molecule has 0 spiro atoms. The van der Waals surface area contributed by atoms with Crippen molar-refractivity contribution in [2.24, 2.45) is 5.92 Å². The Hall–Kier alpha value is -3.16. The first-order valence-corrected chi connectivity index (χ1v) is 8.71. The van der Waals surface area contributed by atoms with E-state index in [1.807, 2.05) is 0 Å². The van der Waals surface area contributed by atoms with Gasteiger partial charge in [-0.15, -0.1) is 0 Å². The van der Waals surface area contributed by atoms with Gasteiger partial charge in [0.2, 0.25) is 0 Å². The van der Waals surface area contributed by atoms with Crippen LogP contribution in [0.1, 0.15) is 29.0 Å². The molecule has 28 heavy (non-hydrogen) atoms. The van der Waals surface area contributed by atoms with Gasteiger partial charge in [0.05, 0.1) is 11.5 Å². The second-order valence-electron chi connectivity index (χ2n) is 6.61. The number of alkyl halides is 3. The molecule has 1 saturated carbocycles. The smallest absolute Gasteiger partial charge is 0.416 e.